The molecule has 4 heteroatoms. The first kappa shape index (κ1) is 16.9. The van der Waals surface area contributed by atoms with Gasteiger partial charge in [0.05, 0.1) is 0 Å². The average molecular weight is 274 g/mol. The molecule has 0 fully saturated rings. The predicted molar refractivity (Wildman–Crippen MR) is 76.1 cm³/mol. The second-order valence-corrected chi connectivity index (χ2v) is 4.95. The maximum absolute atomic E-state index is 13.0. The molecule has 1 aromatic rings. The molecule has 102 valence electrons. The molecular formula is C14H21ClFNO. The fourth-order valence-corrected chi connectivity index (χ4v) is 1.39. The van der Waals surface area contributed by atoms with Gasteiger partial charge in [-0.15, -0.1) is 12.4 Å². The highest BCUT2D eigenvalue weighted by atomic mass is 35.5. The van der Waals surface area contributed by atoms with Gasteiger partial charge in [-0.3, -0.25) is 0 Å². The van der Waals surface area contributed by atoms with Crippen LogP contribution in [0.4, 0.5) is 4.39 Å². The predicted octanol–water partition coefficient (Wildman–Crippen LogP) is 3.60. The first-order valence-corrected chi connectivity index (χ1v) is 5.71. The molecule has 1 aromatic carbocycles. The number of halogens is 2. The Morgan fingerprint density at radius 2 is 1.83 bits per heavy atom. The van der Waals surface area contributed by atoms with E-state index >= 15 is 0 Å². The van der Waals surface area contributed by atoms with Crippen LogP contribution in [0.15, 0.2) is 36.2 Å². The SMILES string of the molecule is CC(C)(C)c1ccc(OCC(F)=CCN)cc1.Cl. The van der Waals surface area contributed by atoms with Crippen molar-refractivity contribution in [1.82, 2.24) is 0 Å². The number of hydrogen-bond acceptors (Lipinski definition) is 2. The van der Waals surface area contributed by atoms with Gasteiger partial charge in [-0.25, -0.2) is 4.39 Å². The molecule has 0 amide bonds. The first-order valence-electron chi connectivity index (χ1n) is 5.71. The molecular weight excluding hydrogens is 253 g/mol. The summed E-state index contributed by atoms with van der Waals surface area (Å²) in [6.45, 7) is 6.57. The number of ether oxygens (including phenoxy) is 1. The van der Waals surface area contributed by atoms with Gasteiger partial charge in [0.25, 0.3) is 0 Å². The molecule has 0 aliphatic rings. The molecule has 0 saturated heterocycles. The van der Waals surface area contributed by atoms with Gasteiger partial charge in [0.2, 0.25) is 0 Å². The Labute approximate surface area is 114 Å². The highest BCUT2D eigenvalue weighted by Gasteiger charge is 2.12. The van der Waals surface area contributed by atoms with Crippen LogP contribution in [-0.4, -0.2) is 13.2 Å². The third-order valence-electron chi connectivity index (χ3n) is 2.44. The van der Waals surface area contributed by atoms with E-state index in [9.17, 15) is 4.39 Å². The van der Waals surface area contributed by atoms with Gasteiger partial charge in [-0.1, -0.05) is 32.9 Å². The number of rotatable bonds is 4. The molecule has 0 bridgehead atoms. The zero-order valence-corrected chi connectivity index (χ0v) is 11.9. The summed E-state index contributed by atoms with van der Waals surface area (Å²) in [6.07, 6.45) is 1.31. The van der Waals surface area contributed by atoms with Crippen molar-refractivity contribution in [2.75, 3.05) is 13.2 Å². The molecule has 0 atom stereocenters. The molecule has 2 N–H and O–H groups in total. The van der Waals surface area contributed by atoms with E-state index in [1.807, 2.05) is 24.3 Å². The van der Waals surface area contributed by atoms with Gasteiger partial charge >= 0.3 is 0 Å². The highest BCUT2D eigenvalue weighted by Crippen LogP contribution is 2.24. The van der Waals surface area contributed by atoms with E-state index in [1.54, 1.807) is 0 Å². The van der Waals surface area contributed by atoms with Crippen molar-refractivity contribution in [3.05, 3.63) is 41.7 Å². The summed E-state index contributed by atoms with van der Waals surface area (Å²) >= 11 is 0. The molecule has 18 heavy (non-hydrogen) atoms. The Morgan fingerprint density at radius 3 is 2.28 bits per heavy atom. The third-order valence-corrected chi connectivity index (χ3v) is 2.44. The van der Waals surface area contributed by atoms with Crippen molar-refractivity contribution in [3.63, 3.8) is 0 Å². The summed E-state index contributed by atoms with van der Waals surface area (Å²) in [5.41, 5.74) is 6.53. The first-order chi connectivity index (χ1) is 7.93. The van der Waals surface area contributed by atoms with Gasteiger partial charge in [0.1, 0.15) is 18.2 Å². The largest absolute Gasteiger partial charge is 0.487 e. The summed E-state index contributed by atoms with van der Waals surface area (Å²) in [5, 5.41) is 0. The van der Waals surface area contributed by atoms with E-state index < -0.39 is 0 Å². The molecule has 0 radical (unpaired) electrons. The second-order valence-electron chi connectivity index (χ2n) is 4.95. The summed E-state index contributed by atoms with van der Waals surface area (Å²) in [5.74, 6) is 0.325. The van der Waals surface area contributed by atoms with Crippen molar-refractivity contribution in [1.29, 1.82) is 0 Å². The lowest BCUT2D eigenvalue weighted by Crippen LogP contribution is -2.10. The Bertz CT molecular complexity index is 382. The molecule has 1 rings (SSSR count). The summed E-state index contributed by atoms with van der Waals surface area (Å²) in [7, 11) is 0. The number of nitrogens with two attached hydrogens (primary N) is 1. The van der Waals surface area contributed by atoms with Crippen LogP contribution in [0.5, 0.6) is 5.75 Å². The Balaban J connectivity index is 0.00000289. The van der Waals surface area contributed by atoms with Crippen LogP contribution < -0.4 is 10.5 Å². The van der Waals surface area contributed by atoms with Crippen LogP contribution in [0.25, 0.3) is 0 Å². The normalized spacial score (nSPS) is 11.9. The van der Waals surface area contributed by atoms with E-state index in [1.165, 1.54) is 11.6 Å². The van der Waals surface area contributed by atoms with Gasteiger partial charge in [-0.2, -0.15) is 0 Å². The zero-order chi connectivity index (χ0) is 12.9. The Kier molecular flexibility index (Phi) is 6.96. The van der Waals surface area contributed by atoms with Crippen molar-refractivity contribution >= 4 is 12.4 Å². The van der Waals surface area contributed by atoms with Gasteiger partial charge in [-0.05, 0) is 29.2 Å². The lowest BCUT2D eigenvalue weighted by atomic mass is 9.87. The molecule has 0 aromatic heterocycles. The third kappa shape index (κ3) is 5.52. The summed E-state index contributed by atoms with van der Waals surface area (Å²) in [4.78, 5) is 0. The van der Waals surface area contributed by atoms with Crippen LogP contribution in [0.2, 0.25) is 0 Å². The maximum atomic E-state index is 13.0. The Hall–Kier alpha value is -1.06. The van der Waals surface area contributed by atoms with Crippen molar-refractivity contribution in [3.8, 4) is 5.75 Å². The van der Waals surface area contributed by atoms with Crippen LogP contribution in [0.3, 0.4) is 0 Å². The van der Waals surface area contributed by atoms with Crippen LogP contribution in [0.1, 0.15) is 26.3 Å². The fourth-order valence-electron chi connectivity index (χ4n) is 1.39. The van der Waals surface area contributed by atoms with Gasteiger partial charge in [0, 0.05) is 6.54 Å². The smallest absolute Gasteiger partial charge is 0.139 e. The van der Waals surface area contributed by atoms with Crippen molar-refractivity contribution in [2.24, 2.45) is 5.73 Å². The lowest BCUT2D eigenvalue weighted by molar-refractivity contribution is 0.318. The van der Waals surface area contributed by atoms with Gasteiger partial charge in [0.15, 0.2) is 0 Å². The number of benzene rings is 1. The molecule has 0 spiro atoms. The molecule has 2 nitrogen and oxygen atoms in total. The fraction of sp³-hybridized carbons (Fsp3) is 0.429. The minimum absolute atomic E-state index is 0. The van der Waals surface area contributed by atoms with E-state index in [-0.39, 0.29) is 36.8 Å². The standard InChI is InChI=1S/C14H20FNO.ClH/c1-14(2,3)11-4-6-13(7-5-11)17-10-12(15)8-9-16;/h4-8H,9-10,16H2,1-3H3;1H. The van der Waals surface area contributed by atoms with Crippen LogP contribution in [0, 0.1) is 0 Å². The Morgan fingerprint density at radius 1 is 1.28 bits per heavy atom. The topological polar surface area (TPSA) is 35.2 Å². The minimum Gasteiger partial charge on any atom is -0.487 e. The van der Waals surface area contributed by atoms with Gasteiger partial charge < -0.3 is 10.5 Å². The van der Waals surface area contributed by atoms with Crippen molar-refractivity contribution in [2.45, 2.75) is 26.2 Å². The summed E-state index contributed by atoms with van der Waals surface area (Å²) < 4.78 is 18.3. The second kappa shape index (κ2) is 7.39. The maximum Gasteiger partial charge on any atom is 0.139 e. The minimum atomic E-state index is -0.340. The van der Waals surface area contributed by atoms with E-state index in [2.05, 4.69) is 20.8 Å². The van der Waals surface area contributed by atoms with E-state index in [0.717, 1.165) is 0 Å². The molecule has 0 saturated carbocycles. The quantitative estimate of drug-likeness (QED) is 0.910. The number of hydrogen-bond donors (Lipinski definition) is 1. The van der Waals surface area contributed by atoms with Crippen LogP contribution in [-0.2, 0) is 5.41 Å². The summed E-state index contributed by atoms with van der Waals surface area (Å²) in [6, 6.07) is 7.71. The highest BCUT2D eigenvalue weighted by molar-refractivity contribution is 5.85. The molecule has 0 aliphatic carbocycles. The average Bonchev–Trinajstić information content (AvgIpc) is 2.26. The molecule has 0 aliphatic heterocycles. The molecule has 0 heterocycles. The van der Waals surface area contributed by atoms with E-state index in [4.69, 9.17) is 10.5 Å². The van der Waals surface area contributed by atoms with E-state index in [0.29, 0.717) is 5.75 Å². The zero-order valence-electron chi connectivity index (χ0n) is 11.1. The molecule has 0 unspecified atom stereocenters. The monoisotopic (exact) mass is 273 g/mol. The lowest BCUT2D eigenvalue weighted by Gasteiger charge is -2.19. The van der Waals surface area contributed by atoms with Crippen molar-refractivity contribution < 1.29 is 9.13 Å². The van der Waals surface area contributed by atoms with Crippen LogP contribution >= 0.6 is 12.4 Å².